The number of piperidine rings is 1. The highest BCUT2D eigenvalue weighted by Gasteiger charge is 2.25. The summed E-state index contributed by atoms with van der Waals surface area (Å²) in [5.41, 5.74) is 0. The second-order valence-corrected chi connectivity index (χ2v) is 5.29. The topological polar surface area (TPSA) is 16.1 Å². The lowest BCUT2D eigenvalue weighted by molar-refractivity contribution is 0.411. The zero-order chi connectivity index (χ0) is 10.8. The number of anilines is 1. The van der Waals surface area contributed by atoms with Gasteiger partial charge in [0.2, 0.25) is 0 Å². The number of rotatable bonds is 1. The van der Waals surface area contributed by atoms with Crippen LogP contribution in [-0.2, 0) is 0 Å². The summed E-state index contributed by atoms with van der Waals surface area (Å²) >= 11 is 3.42. The van der Waals surface area contributed by atoms with E-state index in [1.807, 2.05) is 6.20 Å². The zero-order valence-corrected chi connectivity index (χ0v) is 10.9. The van der Waals surface area contributed by atoms with Crippen molar-refractivity contribution in [2.75, 3.05) is 4.90 Å². The van der Waals surface area contributed by atoms with Crippen molar-refractivity contribution in [2.24, 2.45) is 0 Å². The molecule has 1 aromatic heterocycles. The number of hydrogen-bond donors (Lipinski definition) is 0. The average Bonchev–Trinajstić information content (AvgIpc) is 2.20. The molecule has 1 aliphatic rings. The van der Waals surface area contributed by atoms with Crippen molar-refractivity contribution in [2.45, 2.75) is 45.2 Å². The van der Waals surface area contributed by atoms with Crippen LogP contribution < -0.4 is 4.90 Å². The molecule has 0 saturated carbocycles. The molecule has 0 radical (unpaired) electrons. The Morgan fingerprint density at radius 3 is 2.47 bits per heavy atom. The largest absolute Gasteiger partial charge is 0.351 e. The molecule has 1 saturated heterocycles. The van der Waals surface area contributed by atoms with E-state index in [0.717, 1.165) is 10.3 Å². The quantitative estimate of drug-likeness (QED) is 0.774. The molecule has 0 aromatic carbocycles. The Hall–Kier alpha value is -0.570. The van der Waals surface area contributed by atoms with Crippen molar-refractivity contribution in [3.05, 3.63) is 22.8 Å². The number of pyridine rings is 1. The third-order valence-electron chi connectivity index (χ3n) is 3.17. The molecule has 1 aromatic rings. The molecule has 1 aliphatic heterocycles. The first kappa shape index (κ1) is 10.9. The Morgan fingerprint density at radius 2 is 1.93 bits per heavy atom. The number of hydrogen-bond acceptors (Lipinski definition) is 2. The highest BCUT2D eigenvalue weighted by atomic mass is 79.9. The Bertz CT molecular complexity index is 313. The van der Waals surface area contributed by atoms with Crippen LogP contribution in [0.1, 0.15) is 33.1 Å². The van der Waals surface area contributed by atoms with Gasteiger partial charge in [-0.15, -0.1) is 0 Å². The van der Waals surface area contributed by atoms with Gasteiger partial charge in [0.1, 0.15) is 5.82 Å². The van der Waals surface area contributed by atoms with Crippen LogP contribution in [-0.4, -0.2) is 17.1 Å². The fraction of sp³-hybridized carbons (Fsp3) is 0.583. The van der Waals surface area contributed by atoms with Crippen molar-refractivity contribution >= 4 is 21.7 Å². The molecule has 0 N–H and O–H groups in total. The summed E-state index contributed by atoms with van der Waals surface area (Å²) in [6.07, 6.45) is 5.78. The third-order valence-corrected chi connectivity index (χ3v) is 3.64. The fourth-order valence-corrected chi connectivity index (χ4v) is 2.63. The van der Waals surface area contributed by atoms with Gasteiger partial charge in [-0.3, -0.25) is 0 Å². The van der Waals surface area contributed by atoms with E-state index < -0.39 is 0 Å². The lowest BCUT2D eigenvalue weighted by Gasteiger charge is -2.40. The van der Waals surface area contributed by atoms with E-state index in [-0.39, 0.29) is 0 Å². The minimum absolute atomic E-state index is 0.613. The molecule has 2 unspecified atom stereocenters. The van der Waals surface area contributed by atoms with E-state index in [9.17, 15) is 0 Å². The molecule has 15 heavy (non-hydrogen) atoms. The van der Waals surface area contributed by atoms with E-state index in [1.54, 1.807) is 0 Å². The summed E-state index contributed by atoms with van der Waals surface area (Å²) in [5, 5.41) is 0. The van der Waals surface area contributed by atoms with Gasteiger partial charge in [-0.1, -0.05) is 0 Å². The molecule has 0 spiro atoms. The molecule has 1 fully saturated rings. The molecule has 0 bridgehead atoms. The van der Waals surface area contributed by atoms with Gasteiger partial charge in [-0.05, 0) is 61.2 Å². The van der Waals surface area contributed by atoms with Crippen molar-refractivity contribution < 1.29 is 0 Å². The molecule has 3 heteroatoms. The summed E-state index contributed by atoms with van der Waals surface area (Å²) in [4.78, 5) is 6.92. The number of nitrogens with zero attached hydrogens (tertiary/aromatic N) is 2. The van der Waals surface area contributed by atoms with Crippen LogP contribution in [0, 0.1) is 0 Å². The van der Waals surface area contributed by atoms with Gasteiger partial charge in [-0.2, -0.15) is 0 Å². The van der Waals surface area contributed by atoms with Crippen LogP contribution >= 0.6 is 15.9 Å². The van der Waals surface area contributed by atoms with Gasteiger partial charge >= 0.3 is 0 Å². The number of halogens is 1. The van der Waals surface area contributed by atoms with Crippen molar-refractivity contribution in [1.82, 2.24) is 4.98 Å². The average molecular weight is 269 g/mol. The van der Waals surface area contributed by atoms with Gasteiger partial charge in [0.15, 0.2) is 0 Å². The normalized spacial score (nSPS) is 26.7. The van der Waals surface area contributed by atoms with E-state index >= 15 is 0 Å². The monoisotopic (exact) mass is 268 g/mol. The maximum atomic E-state index is 4.48. The molecule has 82 valence electrons. The third kappa shape index (κ3) is 2.33. The van der Waals surface area contributed by atoms with Crippen molar-refractivity contribution in [3.63, 3.8) is 0 Å². The number of aromatic nitrogens is 1. The summed E-state index contributed by atoms with van der Waals surface area (Å²) in [6.45, 7) is 4.58. The maximum Gasteiger partial charge on any atom is 0.129 e. The lowest BCUT2D eigenvalue weighted by atomic mass is 9.97. The van der Waals surface area contributed by atoms with Crippen LogP contribution in [0.4, 0.5) is 5.82 Å². The molecule has 2 heterocycles. The zero-order valence-electron chi connectivity index (χ0n) is 9.28. The second kappa shape index (κ2) is 4.52. The molecule has 2 rings (SSSR count). The van der Waals surface area contributed by atoms with E-state index in [4.69, 9.17) is 0 Å². The van der Waals surface area contributed by atoms with Crippen LogP contribution in [0.15, 0.2) is 22.8 Å². The Labute approximate surface area is 99.8 Å². The van der Waals surface area contributed by atoms with Gasteiger partial charge < -0.3 is 4.90 Å². The first-order valence-electron chi connectivity index (χ1n) is 5.58. The molecule has 0 aliphatic carbocycles. The minimum atomic E-state index is 0.613. The van der Waals surface area contributed by atoms with Gasteiger partial charge in [0.05, 0.1) is 0 Å². The Morgan fingerprint density at radius 1 is 1.27 bits per heavy atom. The second-order valence-electron chi connectivity index (χ2n) is 4.37. The Kier molecular flexibility index (Phi) is 3.29. The van der Waals surface area contributed by atoms with Crippen molar-refractivity contribution in [1.29, 1.82) is 0 Å². The Balaban J connectivity index is 2.23. The van der Waals surface area contributed by atoms with Gasteiger partial charge in [-0.25, -0.2) is 4.98 Å². The van der Waals surface area contributed by atoms with E-state index in [2.05, 4.69) is 51.8 Å². The maximum absolute atomic E-state index is 4.48. The SMILES string of the molecule is CC1CCCC(C)N1c1ccc(Br)cn1. The predicted molar refractivity (Wildman–Crippen MR) is 67.2 cm³/mol. The van der Waals surface area contributed by atoms with Gasteiger partial charge in [0, 0.05) is 22.8 Å². The molecular formula is C12H17BrN2. The summed E-state index contributed by atoms with van der Waals surface area (Å²) in [6, 6.07) is 5.39. The first-order valence-corrected chi connectivity index (χ1v) is 6.37. The minimum Gasteiger partial charge on any atom is -0.351 e. The standard InChI is InChI=1S/C12H17BrN2/c1-9-4-3-5-10(2)15(9)12-7-6-11(13)8-14-12/h6-10H,3-5H2,1-2H3. The van der Waals surface area contributed by atoms with Crippen LogP contribution in [0.5, 0.6) is 0 Å². The molecular weight excluding hydrogens is 252 g/mol. The first-order chi connectivity index (χ1) is 7.18. The fourth-order valence-electron chi connectivity index (χ4n) is 2.39. The van der Waals surface area contributed by atoms with Crippen LogP contribution in [0.2, 0.25) is 0 Å². The van der Waals surface area contributed by atoms with Crippen molar-refractivity contribution in [3.8, 4) is 0 Å². The summed E-state index contributed by atoms with van der Waals surface area (Å²) < 4.78 is 1.04. The van der Waals surface area contributed by atoms with Crippen LogP contribution in [0.3, 0.4) is 0 Å². The van der Waals surface area contributed by atoms with E-state index in [1.165, 1.54) is 19.3 Å². The molecule has 2 nitrogen and oxygen atoms in total. The molecule has 0 amide bonds. The summed E-state index contributed by atoms with van der Waals surface area (Å²) in [7, 11) is 0. The lowest BCUT2D eigenvalue weighted by Crippen LogP contribution is -2.44. The highest BCUT2D eigenvalue weighted by molar-refractivity contribution is 9.10. The van der Waals surface area contributed by atoms with Gasteiger partial charge in [0.25, 0.3) is 0 Å². The smallest absolute Gasteiger partial charge is 0.129 e. The summed E-state index contributed by atoms with van der Waals surface area (Å²) in [5.74, 6) is 1.11. The molecule has 2 atom stereocenters. The van der Waals surface area contributed by atoms with E-state index in [0.29, 0.717) is 12.1 Å². The highest BCUT2D eigenvalue weighted by Crippen LogP contribution is 2.27. The predicted octanol–water partition coefficient (Wildman–Crippen LogP) is 3.61. The van der Waals surface area contributed by atoms with Crippen LogP contribution in [0.25, 0.3) is 0 Å².